The summed E-state index contributed by atoms with van der Waals surface area (Å²) in [7, 11) is 4.22. The lowest BCUT2D eigenvalue weighted by atomic mass is 9.99. The molecule has 0 amide bonds. The van der Waals surface area contributed by atoms with Gasteiger partial charge in [-0.05, 0) is 32.6 Å². The highest BCUT2D eigenvalue weighted by molar-refractivity contribution is 5.98. The van der Waals surface area contributed by atoms with Gasteiger partial charge in [-0.2, -0.15) is 0 Å². The second-order valence-corrected chi connectivity index (χ2v) is 7.19. The van der Waals surface area contributed by atoms with Gasteiger partial charge < -0.3 is 10.2 Å². The second kappa shape index (κ2) is 6.96. The van der Waals surface area contributed by atoms with Crippen LogP contribution < -0.4 is 9.83 Å². The molecule has 0 radical (unpaired) electrons. The minimum atomic E-state index is 0.156. The highest BCUT2D eigenvalue weighted by Crippen LogP contribution is 2.27. The summed E-state index contributed by atoms with van der Waals surface area (Å²) in [5, 5.41) is 18.1. The van der Waals surface area contributed by atoms with Crippen molar-refractivity contribution >= 4 is 22.2 Å². The fraction of sp³-hybridized carbons (Fsp3) is 0.286. The van der Waals surface area contributed by atoms with E-state index < -0.39 is 0 Å². The van der Waals surface area contributed by atoms with Crippen molar-refractivity contribution in [2.45, 2.75) is 25.9 Å². The molecule has 0 saturated carbocycles. The summed E-state index contributed by atoms with van der Waals surface area (Å²) in [6.45, 7) is 4.17. The second-order valence-electron chi connectivity index (χ2n) is 7.19. The number of rotatable bonds is 5. The van der Waals surface area contributed by atoms with Gasteiger partial charge in [-0.25, -0.2) is 0 Å². The molecule has 6 nitrogen and oxygen atoms in total. The van der Waals surface area contributed by atoms with E-state index in [2.05, 4.69) is 83.9 Å². The first-order valence-electron chi connectivity index (χ1n) is 9.20. The number of anilines is 1. The molecule has 138 valence electrons. The van der Waals surface area contributed by atoms with E-state index in [0.717, 1.165) is 28.1 Å². The largest absolute Gasteiger partial charge is 0.363 e. The van der Waals surface area contributed by atoms with Crippen LogP contribution in [-0.4, -0.2) is 40.3 Å². The highest BCUT2D eigenvalue weighted by atomic mass is 15.4. The van der Waals surface area contributed by atoms with Gasteiger partial charge in [0.15, 0.2) is 5.82 Å². The smallest absolute Gasteiger partial charge is 0.333 e. The van der Waals surface area contributed by atoms with Crippen molar-refractivity contribution in [2.24, 2.45) is 0 Å². The van der Waals surface area contributed by atoms with Gasteiger partial charge in [0.1, 0.15) is 0 Å². The van der Waals surface area contributed by atoms with E-state index in [1.165, 1.54) is 5.56 Å². The van der Waals surface area contributed by atoms with Crippen LogP contribution in [0.5, 0.6) is 0 Å². The molecule has 0 aliphatic heterocycles. The van der Waals surface area contributed by atoms with E-state index in [1.54, 1.807) is 0 Å². The lowest BCUT2D eigenvalue weighted by Crippen LogP contribution is -2.36. The summed E-state index contributed by atoms with van der Waals surface area (Å²) in [4.78, 5) is 2.24. The van der Waals surface area contributed by atoms with Crippen molar-refractivity contribution in [1.82, 2.24) is 20.2 Å². The lowest BCUT2D eigenvalue weighted by Gasteiger charge is -2.31. The van der Waals surface area contributed by atoms with Crippen LogP contribution in [0.3, 0.4) is 0 Å². The normalized spacial score (nSPS) is 14.0. The van der Waals surface area contributed by atoms with E-state index in [9.17, 15) is 0 Å². The Kier molecular flexibility index (Phi) is 4.49. The molecule has 0 bridgehead atoms. The van der Waals surface area contributed by atoms with Gasteiger partial charge in [-0.3, -0.25) is 0 Å². The summed E-state index contributed by atoms with van der Waals surface area (Å²) in [6, 6.07) is 19.2. The Hall–Kier alpha value is -2.99. The Bertz CT molecular complexity index is 1070. The van der Waals surface area contributed by atoms with Crippen molar-refractivity contribution in [3.63, 3.8) is 0 Å². The van der Waals surface area contributed by atoms with Crippen molar-refractivity contribution in [3.8, 4) is 0 Å². The third-order valence-electron chi connectivity index (χ3n) is 5.00. The standard InChI is InChI=1S/C21H24N6/c1-14(19(26(3)4)16-10-6-5-7-11-16)22-20-17-12-8-9-13-18(17)21-24-23-15(2)27(21)25-20/h5-14,19H,1-4H3,(H,22,25)/p+1/t14-,19+/m0/s1. The maximum atomic E-state index is 4.83. The van der Waals surface area contributed by atoms with Gasteiger partial charge >= 0.3 is 5.65 Å². The SMILES string of the molecule is Cc1[nH]nc2c3ccccc3c(N[C@@H](C)[C@H](c3ccccc3)N(C)C)n[n+]12. The number of hydrogen-bond acceptors (Lipinski definition) is 4. The van der Waals surface area contributed by atoms with Crippen LogP contribution in [-0.2, 0) is 0 Å². The molecule has 6 heteroatoms. The highest BCUT2D eigenvalue weighted by Gasteiger charge is 2.24. The Morgan fingerprint density at radius 2 is 1.67 bits per heavy atom. The first-order valence-corrected chi connectivity index (χ1v) is 9.20. The summed E-state index contributed by atoms with van der Waals surface area (Å²) in [6.07, 6.45) is 0. The molecule has 2 aromatic heterocycles. The topological polar surface area (TPSA) is 60.9 Å². The molecule has 2 N–H and O–H groups in total. The van der Waals surface area contributed by atoms with E-state index in [0.29, 0.717) is 0 Å². The molecule has 27 heavy (non-hydrogen) atoms. The van der Waals surface area contributed by atoms with Crippen molar-refractivity contribution < 1.29 is 4.52 Å². The maximum absolute atomic E-state index is 4.83. The number of nitrogens with one attached hydrogen (secondary N) is 2. The fourth-order valence-electron chi connectivity index (χ4n) is 3.81. The zero-order valence-electron chi connectivity index (χ0n) is 16.1. The minimum absolute atomic E-state index is 0.156. The molecule has 0 fully saturated rings. The minimum Gasteiger partial charge on any atom is -0.363 e. The average Bonchev–Trinajstić information content (AvgIpc) is 3.04. The van der Waals surface area contributed by atoms with Gasteiger partial charge in [0, 0.05) is 23.5 Å². The van der Waals surface area contributed by atoms with Crippen LogP contribution >= 0.6 is 0 Å². The zero-order chi connectivity index (χ0) is 19.0. The molecule has 0 aliphatic carbocycles. The Morgan fingerprint density at radius 1 is 1.00 bits per heavy atom. The fourth-order valence-corrected chi connectivity index (χ4v) is 3.81. The molecule has 2 aromatic carbocycles. The van der Waals surface area contributed by atoms with E-state index in [1.807, 2.05) is 23.6 Å². The van der Waals surface area contributed by atoms with Gasteiger partial charge in [0.2, 0.25) is 0 Å². The van der Waals surface area contributed by atoms with Gasteiger partial charge in [-0.1, -0.05) is 58.1 Å². The van der Waals surface area contributed by atoms with Crippen LogP contribution in [0.2, 0.25) is 0 Å². The summed E-state index contributed by atoms with van der Waals surface area (Å²) in [5.74, 6) is 1.77. The monoisotopic (exact) mass is 361 g/mol. The molecule has 2 heterocycles. The Balaban J connectivity index is 1.78. The average molecular weight is 361 g/mol. The van der Waals surface area contributed by atoms with E-state index in [-0.39, 0.29) is 12.1 Å². The Morgan fingerprint density at radius 3 is 2.37 bits per heavy atom. The number of aromatic nitrogens is 4. The third kappa shape index (κ3) is 3.13. The molecule has 4 aromatic rings. The number of benzene rings is 2. The molecular weight excluding hydrogens is 336 g/mol. The van der Waals surface area contributed by atoms with Crippen molar-refractivity contribution in [2.75, 3.05) is 19.4 Å². The summed E-state index contributed by atoms with van der Waals surface area (Å²) in [5.41, 5.74) is 2.12. The maximum Gasteiger partial charge on any atom is 0.333 e. The number of nitrogens with zero attached hydrogens (tertiary/aromatic N) is 4. The molecular formula is C21H25N6+. The van der Waals surface area contributed by atoms with Crippen LogP contribution in [0.25, 0.3) is 16.4 Å². The van der Waals surface area contributed by atoms with Crippen molar-refractivity contribution in [1.29, 1.82) is 0 Å². The number of H-pyrrole nitrogens is 1. The molecule has 4 rings (SSSR count). The van der Waals surface area contributed by atoms with Crippen molar-refractivity contribution in [3.05, 3.63) is 66.0 Å². The first kappa shape index (κ1) is 17.4. The van der Waals surface area contributed by atoms with Gasteiger partial charge in [0.05, 0.1) is 11.4 Å². The number of likely N-dealkylation sites (N-methyl/N-ethyl adjacent to an activating group) is 1. The molecule has 0 saturated heterocycles. The van der Waals surface area contributed by atoms with Crippen LogP contribution in [0, 0.1) is 6.92 Å². The number of fused-ring (bicyclic) bond motifs is 3. The first-order chi connectivity index (χ1) is 13.1. The zero-order valence-corrected chi connectivity index (χ0v) is 16.1. The molecule has 2 atom stereocenters. The number of hydrogen-bond donors (Lipinski definition) is 2. The Labute approximate surface area is 158 Å². The van der Waals surface area contributed by atoms with Gasteiger partial charge in [0.25, 0.3) is 5.82 Å². The molecule has 0 unspecified atom stereocenters. The molecule has 0 spiro atoms. The third-order valence-corrected chi connectivity index (χ3v) is 5.00. The van der Waals surface area contributed by atoms with E-state index in [4.69, 9.17) is 5.10 Å². The summed E-state index contributed by atoms with van der Waals surface area (Å²) < 4.78 is 1.87. The predicted molar refractivity (Wildman–Crippen MR) is 108 cm³/mol. The lowest BCUT2D eigenvalue weighted by molar-refractivity contribution is -0.585. The number of aryl methyl sites for hydroxylation is 1. The van der Waals surface area contributed by atoms with Gasteiger partial charge in [-0.15, -0.1) is 5.10 Å². The molecule has 0 aliphatic rings. The van der Waals surface area contributed by atoms with E-state index >= 15 is 0 Å². The number of aromatic amines is 1. The van der Waals surface area contributed by atoms with Crippen LogP contribution in [0.15, 0.2) is 54.6 Å². The predicted octanol–water partition coefficient (Wildman–Crippen LogP) is 3.11. The quantitative estimate of drug-likeness (QED) is 0.536. The summed E-state index contributed by atoms with van der Waals surface area (Å²) >= 11 is 0. The van der Waals surface area contributed by atoms with Crippen LogP contribution in [0.1, 0.15) is 24.4 Å². The van der Waals surface area contributed by atoms with Crippen LogP contribution in [0.4, 0.5) is 5.82 Å².